The van der Waals surface area contributed by atoms with Gasteiger partial charge in [-0.1, -0.05) is 13.8 Å². The van der Waals surface area contributed by atoms with Crippen LogP contribution in [-0.4, -0.2) is 23.2 Å². The molecule has 0 aliphatic rings. The first-order chi connectivity index (χ1) is 8.54. The smallest absolute Gasteiger partial charge is 0.251 e. The molecule has 2 N–H and O–H groups in total. The number of rotatable bonds is 5. The molecule has 0 spiro atoms. The van der Waals surface area contributed by atoms with Crippen molar-refractivity contribution >= 4 is 5.91 Å². The molecule has 1 amide bonds. The van der Waals surface area contributed by atoms with Gasteiger partial charge in [-0.15, -0.1) is 0 Å². The van der Waals surface area contributed by atoms with Gasteiger partial charge in [0.25, 0.3) is 5.91 Å². The second-order valence-corrected chi connectivity index (χ2v) is 4.30. The minimum absolute atomic E-state index is 0.235. The Morgan fingerprint density at radius 2 is 1.89 bits per heavy atom. The topological polar surface area (TPSA) is 73.1 Å². The van der Waals surface area contributed by atoms with E-state index in [-0.39, 0.29) is 12.5 Å². The lowest BCUT2D eigenvalue weighted by atomic mass is 9.97. The Morgan fingerprint density at radius 3 is 2.33 bits per heavy atom. The first kappa shape index (κ1) is 14.2. The van der Waals surface area contributed by atoms with Crippen LogP contribution in [0.25, 0.3) is 0 Å². The molecule has 0 saturated heterocycles. The fraction of sp³-hybridized carbons (Fsp3) is 0.429. The average molecular weight is 246 g/mol. The summed E-state index contributed by atoms with van der Waals surface area (Å²) in [7, 11) is 0. The van der Waals surface area contributed by atoms with Gasteiger partial charge >= 0.3 is 0 Å². The third kappa shape index (κ3) is 3.57. The van der Waals surface area contributed by atoms with Crippen molar-refractivity contribution in [3.63, 3.8) is 0 Å². The Kier molecular flexibility index (Phi) is 4.87. The quantitative estimate of drug-likeness (QED) is 0.832. The predicted molar refractivity (Wildman–Crippen MR) is 69.0 cm³/mol. The molecule has 96 valence electrons. The van der Waals surface area contributed by atoms with E-state index in [4.69, 9.17) is 5.26 Å². The fourth-order valence-electron chi connectivity index (χ4n) is 1.54. The summed E-state index contributed by atoms with van der Waals surface area (Å²) < 4.78 is 0. The first-order valence-corrected chi connectivity index (χ1v) is 6.05. The van der Waals surface area contributed by atoms with Crippen molar-refractivity contribution in [2.75, 3.05) is 6.54 Å². The van der Waals surface area contributed by atoms with Gasteiger partial charge in [-0.05, 0) is 37.1 Å². The molecule has 0 aromatic heterocycles. The van der Waals surface area contributed by atoms with Gasteiger partial charge in [-0.3, -0.25) is 4.79 Å². The summed E-state index contributed by atoms with van der Waals surface area (Å²) in [6, 6.07) is 8.40. The molecule has 1 aromatic carbocycles. The largest absolute Gasteiger partial charge is 0.388 e. The van der Waals surface area contributed by atoms with Crippen LogP contribution in [0.1, 0.15) is 42.6 Å². The maximum absolute atomic E-state index is 11.8. The van der Waals surface area contributed by atoms with E-state index >= 15 is 0 Å². The number of nitrogens with zero attached hydrogens (tertiary/aromatic N) is 1. The standard InChI is InChI=1S/C14H18N2O2/c1-3-14(18,4-2)10-16-13(17)12-7-5-11(9-15)6-8-12/h5-8,18H,3-4,10H2,1-2H3,(H,16,17). The minimum Gasteiger partial charge on any atom is -0.388 e. The van der Waals surface area contributed by atoms with Crippen LogP contribution < -0.4 is 5.32 Å². The number of carbonyl (C=O) groups is 1. The molecular formula is C14H18N2O2. The van der Waals surface area contributed by atoms with Crippen molar-refractivity contribution in [3.8, 4) is 6.07 Å². The van der Waals surface area contributed by atoms with Crippen LogP contribution in [-0.2, 0) is 0 Å². The SMILES string of the molecule is CCC(O)(CC)CNC(=O)c1ccc(C#N)cc1. The molecule has 0 saturated carbocycles. The highest BCUT2D eigenvalue weighted by Crippen LogP contribution is 2.13. The van der Waals surface area contributed by atoms with E-state index in [0.717, 1.165) is 0 Å². The molecule has 0 fully saturated rings. The molecule has 0 radical (unpaired) electrons. The van der Waals surface area contributed by atoms with Crippen LogP contribution >= 0.6 is 0 Å². The zero-order valence-corrected chi connectivity index (χ0v) is 10.7. The molecule has 0 aliphatic heterocycles. The van der Waals surface area contributed by atoms with E-state index in [2.05, 4.69) is 5.32 Å². The van der Waals surface area contributed by atoms with Gasteiger partial charge in [0.15, 0.2) is 0 Å². The Hall–Kier alpha value is -1.86. The zero-order valence-electron chi connectivity index (χ0n) is 10.7. The number of carbonyl (C=O) groups excluding carboxylic acids is 1. The third-order valence-corrected chi connectivity index (χ3v) is 3.17. The van der Waals surface area contributed by atoms with Crippen molar-refractivity contribution in [1.29, 1.82) is 5.26 Å². The maximum Gasteiger partial charge on any atom is 0.251 e. The van der Waals surface area contributed by atoms with Crippen molar-refractivity contribution in [3.05, 3.63) is 35.4 Å². The van der Waals surface area contributed by atoms with Gasteiger partial charge < -0.3 is 10.4 Å². The lowest BCUT2D eigenvalue weighted by Gasteiger charge is -2.25. The van der Waals surface area contributed by atoms with Gasteiger partial charge in [-0.2, -0.15) is 5.26 Å². The maximum atomic E-state index is 11.8. The number of amides is 1. The Labute approximate surface area is 107 Å². The number of hydrogen-bond donors (Lipinski definition) is 2. The first-order valence-electron chi connectivity index (χ1n) is 6.05. The van der Waals surface area contributed by atoms with Crippen molar-refractivity contribution in [1.82, 2.24) is 5.32 Å². The van der Waals surface area contributed by atoms with Crippen LogP contribution in [0.5, 0.6) is 0 Å². The zero-order chi connectivity index (χ0) is 13.6. The predicted octanol–water partition coefficient (Wildman–Crippen LogP) is 1.84. The number of benzene rings is 1. The van der Waals surface area contributed by atoms with Gasteiger partial charge in [0.2, 0.25) is 0 Å². The van der Waals surface area contributed by atoms with Gasteiger partial charge in [0.1, 0.15) is 0 Å². The number of aliphatic hydroxyl groups is 1. The van der Waals surface area contributed by atoms with E-state index in [1.807, 2.05) is 19.9 Å². The monoisotopic (exact) mass is 246 g/mol. The molecule has 0 unspecified atom stereocenters. The van der Waals surface area contributed by atoms with Gasteiger partial charge in [0, 0.05) is 12.1 Å². The minimum atomic E-state index is -0.845. The molecule has 0 heterocycles. The molecular weight excluding hydrogens is 228 g/mol. The van der Waals surface area contributed by atoms with Crippen molar-refractivity contribution in [2.45, 2.75) is 32.3 Å². The van der Waals surface area contributed by atoms with Gasteiger partial charge in [-0.25, -0.2) is 0 Å². The van der Waals surface area contributed by atoms with Crippen molar-refractivity contribution in [2.24, 2.45) is 0 Å². The van der Waals surface area contributed by atoms with E-state index in [0.29, 0.717) is 24.0 Å². The van der Waals surface area contributed by atoms with Crippen molar-refractivity contribution < 1.29 is 9.90 Å². The average Bonchev–Trinajstić information content (AvgIpc) is 2.44. The summed E-state index contributed by atoms with van der Waals surface area (Å²) in [6.45, 7) is 4.01. The summed E-state index contributed by atoms with van der Waals surface area (Å²) >= 11 is 0. The van der Waals surface area contributed by atoms with Crippen LogP contribution in [0, 0.1) is 11.3 Å². The van der Waals surface area contributed by atoms with Crippen LogP contribution in [0.2, 0.25) is 0 Å². The highest BCUT2D eigenvalue weighted by Gasteiger charge is 2.22. The highest BCUT2D eigenvalue weighted by atomic mass is 16.3. The molecule has 0 bridgehead atoms. The summed E-state index contributed by atoms with van der Waals surface area (Å²) in [5, 5.41) is 21.4. The van der Waals surface area contributed by atoms with Crippen LogP contribution in [0.3, 0.4) is 0 Å². The summed E-state index contributed by atoms with van der Waals surface area (Å²) in [6.07, 6.45) is 1.19. The Balaban J connectivity index is 2.63. The number of nitrogens with one attached hydrogen (secondary N) is 1. The summed E-state index contributed by atoms with van der Waals surface area (Å²) in [5.41, 5.74) is 0.163. The molecule has 18 heavy (non-hydrogen) atoms. The molecule has 1 aromatic rings. The summed E-state index contributed by atoms with van der Waals surface area (Å²) in [5.74, 6) is -0.236. The Bertz CT molecular complexity index is 442. The normalized spacial score (nSPS) is 10.8. The van der Waals surface area contributed by atoms with Gasteiger partial charge in [0.05, 0.1) is 17.2 Å². The van der Waals surface area contributed by atoms with Crippen LogP contribution in [0.15, 0.2) is 24.3 Å². The van der Waals surface area contributed by atoms with E-state index < -0.39 is 5.60 Å². The summed E-state index contributed by atoms with van der Waals surface area (Å²) in [4.78, 5) is 11.8. The lowest BCUT2D eigenvalue weighted by molar-refractivity contribution is 0.0314. The second-order valence-electron chi connectivity index (χ2n) is 4.30. The van der Waals surface area contributed by atoms with E-state index in [1.165, 1.54) is 0 Å². The highest BCUT2D eigenvalue weighted by molar-refractivity contribution is 5.94. The molecule has 4 nitrogen and oxygen atoms in total. The molecule has 4 heteroatoms. The number of nitriles is 1. The number of hydrogen-bond acceptors (Lipinski definition) is 3. The van der Waals surface area contributed by atoms with Crippen LogP contribution in [0.4, 0.5) is 0 Å². The third-order valence-electron chi connectivity index (χ3n) is 3.17. The Morgan fingerprint density at radius 1 is 1.33 bits per heavy atom. The molecule has 0 atom stereocenters. The fourth-order valence-corrected chi connectivity index (χ4v) is 1.54. The second kappa shape index (κ2) is 6.18. The lowest BCUT2D eigenvalue weighted by Crippen LogP contribution is -2.42. The molecule has 0 aliphatic carbocycles. The van der Waals surface area contributed by atoms with E-state index in [1.54, 1.807) is 24.3 Å². The van der Waals surface area contributed by atoms with E-state index in [9.17, 15) is 9.90 Å². The molecule has 1 rings (SSSR count).